The average Bonchev–Trinajstić information content (AvgIpc) is 2.77. The predicted octanol–water partition coefficient (Wildman–Crippen LogP) is 3.18. The third kappa shape index (κ3) is 3.98. The van der Waals surface area contributed by atoms with E-state index in [1.807, 2.05) is 36.4 Å². The number of carbonyl (C=O) groups is 1. The van der Waals surface area contributed by atoms with E-state index in [2.05, 4.69) is 0 Å². The molecule has 19 heavy (non-hydrogen) atoms. The Morgan fingerprint density at radius 3 is 2.53 bits per heavy atom. The Kier molecular flexibility index (Phi) is 4.45. The van der Waals surface area contributed by atoms with Crippen molar-refractivity contribution in [3.63, 3.8) is 0 Å². The van der Waals surface area contributed by atoms with Crippen molar-refractivity contribution >= 4 is 34.5 Å². The second-order valence-electron chi connectivity index (χ2n) is 4.37. The molecule has 0 aliphatic heterocycles. The van der Waals surface area contributed by atoms with Gasteiger partial charge in [0.1, 0.15) is 0 Å². The van der Waals surface area contributed by atoms with Crippen LogP contribution in [0.15, 0.2) is 36.4 Å². The summed E-state index contributed by atoms with van der Waals surface area (Å²) in [7, 11) is 1.80. The van der Waals surface area contributed by atoms with Crippen LogP contribution in [0.3, 0.4) is 0 Å². The van der Waals surface area contributed by atoms with Gasteiger partial charge < -0.3 is 10.6 Å². The first kappa shape index (κ1) is 13.9. The third-order valence-electron chi connectivity index (χ3n) is 2.78. The second kappa shape index (κ2) is 6.08. The number of thiophene rings is 1. The van der Waals surface area contributed by atoms with Crippen LogP contribution in [-0.4, -0.2) is 17.9 Å². The first-order chi connectivity index (χ1) is 9.04. The Labute approximate surface area is 121 Å². The number of halogens is 1. The molecule has 0 spiro atoms. The average molecular weight is 295 g/mol. The molecule has 1 aromatic heterocycles. The minimum Gasteiger partial charge on any atom is -0.399 e. The molecule has 2 aromatic rings. The van der Waals surface area contributed by atoms with Crippen molar-refractivity contribution in [2.45, 2.75) is 13.0 Å². The van der Waals surface area contributed by atoms with Gasteiger partial charge in [-0.1, -0.05) is 23.7 Å². The van der Waals surface area contributed by atoms with E-state index in [4.69, 9.17) is 17.3 Å². The van der Waals surface area contributed by atoms with Gasteiger partial charge in [-0.05, 0) is 29.8 Å². The van der Waals surface area contributed by atoms with E-state index in [9.17, 15) is 4.79 Å². The molecule has 1 heterocycles. The fourth-order valence-electron chi connectivity index (χ4n) is 1.70. The minimum absolute atomic E-state index is 0.0780. The van der Waals surface area contributed by atoms with Gasteiger partial charge in [0.2, 0.25) is 5.91 Å². The molecule has 2 rings (SSSR count). The molecule has 0 saturated heterocycles. The van der Waals surface area contributed by atoms with Gasteiger partial charge in [0.25, 0.3) is 0 Å². The Bertz CT molecular complexity index is 565. The normalized spacial score (nSPS) is 10.4. The van der Waals surface area contributed by atoms with Crippen LogP contribution in [0.1, 0.15) is 10.4 Å². The number of amides is 1. The Hall–Kier alpha value is -1.52. The highest BCUT2D eigenvalue weighted by molar-refractivity contribution is 7.16. The summed E-state index contributed by atoms with van der Waals surface area (Å²) >= 11 is 7.37. The minimum atomic E-state index is 0.0780. The van der Waals surface area contributed by atoms with Crippen molar-refractivity contribution in [3.05, 3.63) is 51.2 Å². The highest BCUT2D eigenvalue weighted by Gasteiger charge is 2.11. The van der Waals surface area contributed by atoms with Crippen LogP contribution in [0.5, 0.6) is 0 Å². The molecule has 2 N–H and O–H groups in total. The highest BCUT2D eigenvalue weighted by Crippen LogP contribution is 2.22. The van der Waals surface area contributed by atoms with Crippen LogP contribution in [0.4, 0.5) is 5.69 Å². The van der Waals surface area contributed by atoms with E-state index < -0.39 is 0 Å². The monoisotopic (exact) mass is 294 g/mol. The lowest BCUT2D eigenvalue weighted by atomic mass is 10.1. The molecular weight excluding hydrogens is 280 g/mol. The molecule has 0 atom stereocenters. The zero-order valence-corrected chi connectivity index (χ0v) is 12.2. The summed E-state index contributed by atoms with van der Waals surface area (Å²) in [6.45, 7) is 0.588. The summed E-state index contributed by atoms with van der Waals surface area (Å²) in [5.41, 5.74) is 7.29. The number of anilines is 1. The van der Waals surface area contributed by atoms with Crippen molar-refractivity contribution in [1.82, 2.24) is 4.90 Å². The molecule has 0 unspecified atom stereocenters. The number of carbonyl (C=O) groups excluding carboxylic acids is 1. The van der Waals surface area contributed by atoms with E-state index in [-0.39, 0.29) is 5.91 Å². The molecule has 100 valence electrons. The van der Waals surface area contributed by atoms with Crippen LogP contribution in [0.2, 0.25) is 4.34 Å². The molecule has 1 aromatic carbocycles. The van der Waals surface area contributed by atoms with E-state index in [1.54, 1.807) is 11.9 Å². The van der Waals surface area contributed by atoms with Gasteiger partial charge in [0.05, 0.1) is 17.3 Å². The summed E-state index contributed by atoms with van der Waals surface area (Å²) in [6, 6.07) is 11.2. The molecule has 3 nitrogen and oxygen atoms in total. The van der Waals surface area contributed by atoms with Gasteiger partial charge in [-0.25, -0.2) is 0 Å². The number of benzene rings is 1. The Morgan fingerprint density at radius 1 is 1.26 bits per heavy atom. The number of nitrogens with zero attached hydrogens (tertiary/aromatic N) is 1. The van der Waals surface area contributed by atoms with E-state index in [0.29, 0.717) is 18.7 Å². The van der Waals surface area contributed by atoms with Crippen LogP contribution < -0.4 is 5.73 Å². The Morgan fingerprint density at radius 2 is 1.95 bits per heavy atom. The van der Waals surface area contributed by atoms with Crippen LogP contribution in [0.25, 0.3) is 0 Å². The number of hydrogen-bond acceptors (Lipinski definition) is 3. The number of rotatable bonds is 4. The number of hydrogen-bond donors (Lipinski definition) is 1. The molecule has 0 fully saturated rings. The maximum absolute atomic E-state index is 12.1. The van der Waals surface area contributed by atoms with E-state index in [1.165, 1.54) is 11.3 Å². The summed E-state index contributed by atoms with van der Waals surface area (Å²) in [5.74, 6) is 0.0780. The zero-order valence-electron chi connectivity index (χ0n) is 10.6. The molecule has 0 bridgehead atoms. The smallest absolute Gasteiger partial charge is 0.227 e. The maximum Gasteiger partial charge on any atom is 0.227 e. The standard InChI is InChI=1S/C14H15ClN2OS/c1-17(9-12-6-7-13(15)19-12)14(18)8-10-2-4-11(16)5-3-10/h2-7H,8-9,16H2,1H3. The first-order valence-corrected chi connectivity index (χ1v) is 7.06. The summed E-state index contributed by atoms with van der Waals surface area (Å²) in [4.78, 5) is 14.9. The van der Waals surface area contributed by atoms with Crippen molar-refractivity contribution in [3.8, 4) is 0 Å². The lowest BCUT2D eigenvalue weighted by molar-refractivity contribution is -0.129. The fourth-order valence-corrected chi connectivity index (χ4v) is 2.84. The van der Waals surface area contributed by atoms with Gasteiger partial charge in [-0.3, -0.25) is 4.79 Å². The largest absolute Gasteiger partial charge is 0.399 e. The molecule has 0 radical (unpaired) electrons. The summed E-state index contributed by atoms with van der Waals surface area (Å²) in [6.07, 6.45) is 0.385. The topological polar surface area (TPSA) is 46.3 Å². The van der Waals surface area contributed by atoms with Gasteiger partial charge in [0.15, 0.2) is 0 Å². The van der Waals surface area contributed by atoms with Gasteiger partial charge >= 0.3 is 0 Å². The van der Waals surface area contributed by atoms with Crippen LogP contribution in [-0.2, 0) is 17.8 Å². The van der Waals surface area contributed by atoms with E-state index >= 15 is 0 Å². The fraction of sp³-hybridized carbons (Fsp3) is 0.214. The molecule has 1 amide bonds. The molecule has 0 aliphatic rings. The van der Waals surface area contributed by atoms with Crippen molar-refractivity contribution in [1.29, 1.82) is 0 Å². The van der Waals surface area contributed by atoms with Crippen molar-refractivity contribution < 1.29 is 4.79 Å². The maximum atomic E-state index is 12.1. The number of nitrogen functional groups attached to an aromatic ring is 1. The number of likely N-dealkylation sites (N-methyl/N-ethyl adjacent to an activating group) is 1. The molecule has 5 heteroatoms. The predicted molar refractivity (Wildman–Crippen MR) is 80.4 cm³/mol. The molecular formula is C14H15ClN2OS. The second-order valence-corrected chi connectivity index (χ2v) is 6.17. The van der Waals surface area contributed by atoms with Crippen molar-refractivity contribution in [2.24, 2.45) is 0 Å². The Balaban J connectivity index is 1.94. The zero-order chi connectivity index (χ0) is 13.8. The molecule has 0 aliphatic carbocycles. The third-order valence-corrected chi connectivity index (χ3v) is 4.00. The SMILES string of the molecule is CN(Cc1ccc(Cl)s1)C(=O)Cc1ccc(N)cc1. The number of nitrogens with two attached hydrogens (primary N) is 1. The van der Waals surface area contributed by atoms with Gasteiger partial charge in [-0.2, -0.15) is 0 Å². The van der Waals surface area contributed by atoms with Gasteiger partial charge in [-0.15, -0.1) is 11.3 Å². The lowest BCUT2D eigenvalue weighted by Gasteiger charge is -2.16. The summed E-state index contributed by atoms with van der Waals surface area (Å²) < 4.78 is 0.745. The van der Waals surface area contributed by atoms with E-state index in [0.717, 1.165) is 14.8 Å². The summed E-state index contributed by atoms with van der Waals surface area (Å²) in [5, 5.41) is 0. The highest BCUT2D eigenvalue weighted by atomic mass is 35.5. The molecule has 0 saturated carbocycles. The quantitative estimate of drug-likeness (QED) is 0.880. The lowest BCUT2D eigenvalue weighted by Crippen LogP contribution is -2.27. The first-order valence-electron chi connectivity index (χ1n) is 5.87. The van der Waals surface area contributed by atoms with Crippen LogP contribution >= 0.6 is 22.9 Å². The van der Waals surface area contributed by atoms with Crippen molar-refractivity contribution in [2.75, 3.05) is 12.8 Å². The van der Waals surface area contributed by atoms with Crippen LogP contribution in [0, 0.1) is 0 Å². The van der Waals surface area contributed by atoms with Gasteiger partial charge in [0, 0.05) is 17.6 Å².